The molecule has 2 aliphatic heterocycles. The summed E-state index contributed by atoms with van der Waals surface area (Å²) in [4.78, 5) is 15.6. The smallest absolute Gasteiger partial charge is 0.246 e. The average Bonchev–Trinajstić information content (AvgIpc) is 3.38. The van der Waals surface area contributed by atoms with Gasteiger partial charge in [0.2, 0.25) is 10.0 Å². The van der Waals surface area contributed by atoms with Gasteiger partial charge in [0.1, 0.15) is 11.2 Å². The second kappa shape index (κ2) is 5.73. The summed E-state index contributed by atoms with van der Waals surface area (Å²) in [7, 11) is 0.143. The number of sulfonamides is 1. The van der Waals surface area contributed by atoms with E-state index in [0.29, 0.717) is 13.1 Å². The highest BCUT2D eigenvalue weighted by Crippen LogP contribution is 2.37. The number of rotatable bonds is 3. The lowest BCUT2D eigenvalue weighted by atomic mass is 10.0. The molecule has 2 aliphatic rings. The van der Waals surface area contributed by atoms with Crippen LogP contribution < -0.4 is 4.90 Å². The lowest BCUT2D eigenvalue weighted by molar-refractivity contribution is 0.453. The fourth-order valence-electron chi connectivity index (χ4n) is 4.16. The van der Waals surface area contributed by atoms with Gasteiger partial charge in [-0.05, 0) is 11.8 Å². The molecule has 0 radical (unpaired) electrons. The molecule has 27 heavy (non-hydrogen) atoms. The van der Waals surface area contributed by atoms with Gasteiger partial charge in [-0.15, -0.1) is 0 Å². The van der Waals surface area contributed by atoms with Crippen molar-refractivity contribution in [3.8, 4) is 0 Å². The molecule has 2 atom stereocenters. The zero-order chi connectivity index (χ0) is 18.8. The highest BCUT2D eigenvalue weighted by molar-refractivity contribution is 7.89. The molecular formula is C16H20N8O2S. The van der Waals surface area contributed by atoms with Crippen LogP contribution in [0, 0.1) is 11.8 Å². The number of hydrogen-bond donors (Lipinski definition) is 0. The summed E-state index contributed by atoms with van der Waals surface area (Å²) >= 11 is 0. The Hall–Kier alpha value is -2.53. The van der Waals surface area contributed by atoms with Crippen molar-refractivity contribution in [3.05, 3.63) is 25.0 Å². The molecule has 2 fully saturated rings. The van der Waals surface area contributed by atoms with E-state index in [9.17, 15) is 8.42 Å². The molecular weight excluding hydrogens is 368 g/mol. The third-order valence-corrected chi connectivity index (χ3v) is 7.33. The number of fused-ring (bicyclic) bond motifs is 2. The van der Waals surface area contributed by atoms with E-state index in [-0.39, 0.29) is 16.7 Å². The van der Waals surface area contributed by atoms with Gasteiger partial charge >= 0.3 is 0 Å². The number of anilines is 1. The van der Waals surface area contributed by atoms with Gasteiger partial charge in [0.25, 0.3) is 0 Å². The SMILES string of the molecule is Cn1cc(S(=O)(=O)N2CC3CN(c4ncnc5c4ncn5C)CC3C2)cn1. The summed E-state index contributed by atoms with van der Waals surface area (Å²) in [6.07, 6.45) is 6.26. The van der Waals surface area contributed by atoms with Crippen LogP contribution in [0.4, 0.5) is 5.82 Å². The lowest BCUT2D eigenvalue weighted by Crippen LogP contribution is -2.33. The summed E-state index contributed by atoms with van der Waals surface area (Å²) in [6, 6.07) is 0. The van der Waals surface area contributed by atoms with Gasteiger partial charge in [0.05, 0.1) is 12.5 Å². The summed E-state index contributed by atoms with van der Waals surface area (Å²) in [5.41, 5.74) is 1.60. The second-order valence-corrected chi connectivity index (χ2v) is 9.26. The molecule has 142 valence electrons. The molecule has 5 rings (SSSR count). The van der Waals surface area contributed by atoms with Crippen LogP contribution in [0.3, 0.4) is 0 Å². The van der Waals surface area contributed by atoms with Crippen LogP contribution in [0.15, 0.2) is 29.9 Å². The van der Waals surface area contributed by atoms with Gasteiger partial charge in [-0.1, -0.05) is 0 Å². The molecule has 11 heteroatoms. The maximum Gasteiger partial charge on any atom is 0.246 e. The summed E-state index contributed by atoms with van der Waals surface area (Å²) in [5, 5.41) is 3.99. The van der Waals surface area contributed by atoms with Crippen molar-refractivity contribution in [2.24, 2.45) is 25.9 Å². The first-order valence-electron chi connectivity index (χ1n) is 8.79. The van der Waals surface area contributed by atoms with Gasteiger partial charge in [-0.25, -0.2) is 23.4 Å². The predicted octanol–water partition coefficient (Wildman–Crippen LogP) is -0.146. The van der Waals surface area contributed by atoms with Gasteiger partial charge in [0.15, 0.2) is 17.0 Å². The number of aromatic nitrogens is 6. The van der Waals surface area contributed by atoms with E-state index in [1.165, 1.54) is 10.9 Å². The molecule has 3 aromatic rings. The van der Waals surface area contributed by atoms with E-state index < -0.39 is 10.0 Å². The Bertz CT molecular complexity index is 1110. The third-order valence-electron chi connectivity index (χ3n) is 5.55. The van der Waals surface area contributed by atoms with Crippen molar-refractivity contribution in [2.75, 3.05) is 31.1 Å². The first-order valence-corrected chi connectivity index (χ1v) is 10.2. The van der Waals surface area contributed by atoms with Crippen molar-refractivity contribution in [1.82, 2.24) is 33.6 Å². The molecule has 3 aromatic heterocycles. The molecule has 2 saturated heterocycles. The number of nitrogens with zero attached hydrogens (tertiary/aromatic N) is 8. The Morgan fingerprint density at radius 2 is 1.78 bits per heavy atom. The fraction of sp³-hybridized carbons (Fsp3) is 0.500. The summed E-state index contributed by atoms with van der Waals surface area (Å²) in [6.45, 7) is 2.59. The first kappa shape index (κ1) is 16.6. The van der Waals surface area contributed by atoms with Crippen molar-refractivity contribution in [1.29, 1.82) is 0 Å². The molecule has 0 amide bonds. The molecule has 0 N–H and O–H groups in total. The average molecular weight is 388 g/mol. The topological polar surface area (TPSA) is 102 Å². The van der Waals surface area contributed by atoms with Crippen LogP contribution in [0.5, 0.6) is 0 Å². The van der Waals surface area contributed by atoms with Gasteiger partial charge in [-0.3, -0.25) is 4.68 Å². The predicted molar refractivity (Wildman–Crippen MR) is 97.5 cm³/mol. The minimum absolute atomic E-state index is 0.257. The highest BCUT2D eigenvalue weighted by Gasteiger charge is 2.45. The maximum absolute atomic E-state index is 12.8. The monoisotopic (exact) mass is 388 g/mol. The van der Waals surface area contributed by atoms with E-state index in [0.717, 1.165) is 30.1 Å². The standard InChI is InChI=1S/C16H20N8O2S/c1-21-10-19-14-15(21)17-9-18-16(14)23-4-11-6-24(7-12(11)5-23)27(25,26)13-3-20-22(2)8-13/h3,8-12H,4-7H2,1-2H3. The zero-order valence-electron chi connectivity index (χ0n) is 15.1. The van der Waals surface area contributed by atoms with Gasteiger partial charge in [-0.2, -0.15) is 9.40 Å². The van der Waals surface area contributed by atoms with E-state index in [4.69, 9.17) is 0 Å². The van der Waals surface area contributed by atoms with Gasteiger partial charge < -0.3 is 9.47 Å². The Morgan fingerprint density at radius 1 is 1.04 bits per heavy atom. The van der Waals surface area contributed by atoms with Crippen LogP contribution >= 0.6 is 0 Å². The molecule has 0 aromatic carbocycles. The van der Waals surface area contributed by atoms with E-state index >= 15 is 0 Å². The molecule has 0 bridgehead atoms. The number of aryl methyl sites for hydroxylation is 2. The number of hydrogen-bond acceptors (Lipinski definition) is 7. The maximum atomic E-state index is 12.8. The Kier molecular flexibility index (Phi) is 3.53. The van der Waals surface area contributed by atoms with Crippen LogP contribution in [0.2, 0.25) is 0 Å². The highest BCUT2D eigenvalue weighted by atomic mass is 32.2. The van der Waals surface area contributed by atoms with Crippen molar-refractivity contribution < 1.29 is 8.42 Å². The molecule has 5 heterocycles. The van der Waals surface area contributed by atoms with Crippen molar-refractivity contribution >= 4 is 27.0 Å². The zero-order valence-corrected chi connectivity index (χ0v) is 15.9. The van der Waals surface area contributed by atoms with E-state index in [2.05, 4.69) is 25.0 Å². The van der Waals surface area contributed by atoms with Crippen LogP contribution in [-0.4, -0.2) is 68.2 Å². The first-order chi connectivity index (χ1) is 12.9. The fourth-order valence-corrected chi connectivity index (χ4v) is 5.70. The molecule has 0 aliphatic carbocycles. The van der Waals surface area contributed by atoms with E-state index in [1.807, 2.05) is 11.6 Å². The Balaban J connectivity index is 1.36. The van der Waals surface area contributed by atoms with Gasteiger partial charge in [0, 0.05) is 46.5 Å². The normalized spacial score (nSPS) is 23.4. The second-order valence-electron chi connectivity index (χ2n) is 7.32. The van der Waals surface area contributed by atoms with Crippen LogP contribution in [0.1, 0.15) is 0 Å². The molecule has 10 nitrogen and oxygen atoms in total. The minimum atomic E-state index is -3.48. The third kappa shape index (κ3) is 2.52. The largest absolute Gasteiger partial charge is 0.354 e. The van der Waals surface area contributed by atoms with Crippen molar-refractivity contribution in [2.45, 2.75) is 4.90 Å². The van der Waals surface area contributed by atoms with Crippen LogP contribution in [0.25, 0.3) is 11.2 Å². The quantitative estimate of drug-likeness (QED) is 0.615. The lowest BCUT2D eigenvalue weighted by Gasteiger charge is -2.21. The number of imidazole rings is 1. The molecule has 0 saturated carbocycles. The minimum Gasteiger partial charge on any atom is -0.354 e. The molecule has 2 unspecified atom stereocenters. The van der Waals surface area contributed by atoms with Crippen molar-refractivity contribution in [3.63, 3.8) is 0 Å². The summed E-state index contributed by atoms with van der Waals surface area (Å²) < 4.78 is 30.6. The van der Waals surface area contributed by atoms with Crippen LogP contribution in [-0.2, 0) is 24.1 Å². The Morgan fingerprint density at radius 3 is 2.44 bits per heavy atom. The van der Waals surface area contributed by atoms with E-state index in [1.54, 1.807) is 30.2 Å². The molecule has 0 spiro atoms. The Labute approximate surface area is 156 Å². The summed E-state index contributed by atoms with van der Waals surface area (Å²) in [5.74, 6) is 1.40.